The van der Waals surface area contributed by atoms with Crippen molar-refractivity contribution in [2.45, 2.75) is 52.1 Å². The fourth-order valence-corrected chi connectivity index (χ4v) is 5.48. The Morgan fingerprint density at radius 1 is 0.975 bits per heavy atom. The van der Waals surface area contributed by atoms with E-state index < -0.39 is 17.9 Å². The van der Waals surface area contributed by atoms with Crippen LogP contribution in [0.4, 0.5) is 29.3 Å². The van der Waals surface area contributed by atoms with E-state index in [4.69, 9.17) is 21.4 Å². The number of rotatable bonds is 9. The Morgan fingerprint density at radius 3 is 2.35 bits per heavy atom. The number of amides is 1. The van der Waals surface area contributed by atoms with Crippen molar-refractivity contribution < 1.29 is 32.5 Å². The Hall–Kier alpha value is -3.63. The van der Waals surface area contributed by atoms with E-state index in [1.54, 1.807) is 55.5 Å². The van der Waals surface area contributed by atoms with Crippen molar-refractivity contribution in [1.82, 2.24) is 0 Å². The van der Waals surface area contributed by atoms with Crippen LogP contribution in [0.15, 0.2) is 60.7 Å². The molecule has 0 aliphatic heterocycles. The third-order valence-corrected chi connectivity index (χ3v) is 7.45. The fraction of sp³-hybridized carbons (Fsp3) is 0.276. The first kappa shape index (κ1) is 29.4. The molecule has 6 nitrogen and oxygen atoms in total. The van der Waals surface area contributed by atoms with Crippen molar-refractivity contribution in [3.8, 4) is 11.5 Å². The smallest absolute Gasteiger partial charge is 0.491 e. The molecular weight excluding hydrogens is 565 g/mol. The zero-order chi connectivity index (χ0) is 29.2. The van der Waals surface area contributed by atoms with Crippen molar-refractivity contribution in [3.05, 3.63) is 81.7 Å². The van der Waals surface area contributed by atoms with Crippen LogP contribution in [-0.4, -0.2) is 23.7 Å². The minimum Gasteiger partial charge on any atom is -0.491 e. The number of ether oxygens (including phenoxy) is 2. The lowest BCUT2D eigenvalue weighted by molar-refractivity contribution is -0.274. The molecule has 0 spiro atoms. The maximum atomic E-state index is 13.0. The molecule has 0 radical (unpaired) electrons. The van der Waals surface area contributed by atoms with E-state index in [-0.39, 0.29) is 17.6 Å². The molecular formula is C29H28ClF3N2O4S. The zero-order valence-electron chi connectivity index (χ0n) is 22.2. The molecule has 3 N–H and O–H groups in total. The number of benzene rings is 3. The third kappa shape index (κ3) is 7.51. The largest absolute Gasteiger partial charge is 0.573 e. The lowest BCUT2D eigenvalue weighted by Gasteiger charge is -2.28. The molecule has 4 rings (SSSR count). The normalized spacial score (nSPS) is 12.0. The zero-order valence-corrected chi connectivity index (χ0v) is 23.7. The molecule has 0 aliphatic rings. The van der Waals surface area contributed by atoms with Gasteiger partial charge in [0.25, 0.3) is 0 Å². The predicted molar refractivity (Wildman–Crippen MR) is 153 cm³/mol. The first-order valence-electron chi connectivity index (χ1n) is 12.3. The molecule has 212 valence electrons. The van der Waals surface area contributed by atoms with E-state index >= 15 is 0 Å². The average Bonchev–Trinajstić information content (AvgIpc) is 3.22. The van der Waals surface area contributed by atoms with E-state index in [1.807, 2.05) is 32.0 Å². The Balaban J connectivity index is 1.60. The van der Waals surface area contributed by atoms with Crippen molar-refractivity contribution in [2.24, 2.45) is 0 Å². The highest BCUT2D eigenvalue weighted by atomic mass is 35.5. The second kappa shape index (κ2) is 11.5. The van der Waals surface area contributed by atoms with Gasteiger partial charge in [0.15, 0.2) is 0 Å². The van der Waals surface area contributed by atoms with Gasteiger partial charge in [-0.15, -0.1) is 24.5 Å². The number of alkyl halides is 3. The molecule has 0 fully saturated rings. The molecule has 11 heteroatoms. The second-order valence-corrected chi connectivity index (χ2v) is 11.6. The molecule has 0 bridgehead atoms. The van der Waals surface area contributed by atoms with E-state index in [0.717, 1.165) is 26.2 Å². The van der Waals surface area contributed by atoms with Crippen LogP contribution in [0.3, 0.4) is 0 Å². The summed E-state index contributed by atoms with van der Waals surface area (Å²) in [6.45, 7) is 7.85. The van der Waals surface area contributed by atoms with Crippen LogP contribution in [-0.2, 0) is 12.0 Å². The van der Waals surface area contributed by atoms with Crippen LogP contribution in [0.2, 0.25) is 5.02 Å². The van der Waals surface area contributed by atoms with E-state index in [0.29, 0.717) is 22.8 Å². The minimum atomic E-state index is -4.84. The van der Waals surface area contributed by atoms with Crippen molar-refractivity contribution >= 4 is 50.5 Å². The molecule has 1 amide bonds. The first-order chi connectivity index (χ1) is 18.7. The third-order valence-electron chi connectivity index (χ3n) is 6.11. The lowest BCUT2D eigenvalue weighted by Crippen LogP contribution is -2.21. The molecule has 4 aromatic rings. The molecule has 1 aromatic heterocycles. The Kier molecular flexibility index (Phi) is 8.41. The highest BCUT2D eigenvalue weighted by molar-refractivity contribution is 7.19. The van der Waals surface area contributed by atoms with Crippen LogP contribution in [0.1, 0.15) is 43.7 Å². The number of halogens is 4. The molecule has 40 heavy (non-hydrogen) atoms. The van der Waals surface area contributed by atoms with E-state index in [9.17, 15) is 18.0 Å². The molecule has 0 unspecified atom stereocenters. The quantitative estimate of drug-likeness (QED) is 0.180. The van der Waals surface area contributed by atoms with Gasteiger partial charge in [0.1, 0.15) is 11.5 Å². The number of hydrogen-bond acceptors (Lipinski definition) is 5. The van der Waals surface area contributed by atoms with Gasteiger partial charge in [0, 0.05) is 44.0 Å². The Bertz CT molecular complexity index is 1540. The van der Waals surface area contributed by atoms with Gasteiger partial charge < -0.3 is 19.9 Å². The average molecular weight is 593 g/mol. The number of fused-ring (bicyclic) bond motifs is 1. The van der Waals surface area contributed by atoms with Crippen molar-refractivity contribution in [1.29, 1.82) is 0 Å². The van der Waals surface area contributed by atoms with Crippen LogP contribution in [0.25, 0.3) is 10.1 Å². The first-order valence-corrected chi connectivity index (χ1v) is 13.5. The summed E-state index contributed by atoms with van der Waals surface area (Å²) >= 11 is 8.05. The number of carbonyl (C=O) groups is 1. The number of anilines is 2. The van der Waals surface area contributed by atoms with Crippen molar-refractivity contribution in [3.63, 3.8) is 0 Å². The summed E-state index contributed by atoms with van der Waals surface area (Å²) in [4.78, 5) is 12.0. The maximum absolute atomic E-state index is 13.0. The van der Waals surface area contributed by atoms with Gasteiger partial charge in [-0.05, 0) is 85.0 Å². The van der Waals surface area contributed by atoms with Crippen molar-refractivity contribution in [2.75, 3.05) is 10.6 Å². The summed E-state index contributed by atoms with van der Waals surface area (Å²) in [6.07, 6.45) is -6.21. The van der Waals surface area contributed by atoms with Gasteiger partial charge in [-0.3, -0.25) is 5.32 Å². The van der Waals surface area contributed by atoms with Gasteiger partial charge in [0.05, 0.1) is 6.10 Å². The SMILES string of the molecule is CC(C)Oc1cc(OC(F)(F)F)cc(C(C)(C)c2cc(Cl)cc(NCc3cc4cc(NC(=O)O)ccc4s3)c2)c1. The highest BCUT2D eigenvalue weighted by Crippen LogP contribution is 2.39. The molecule has 3 aromatic carbocycles. The molecule has 0 aliphatic carbocycles. The lowest BCUT2D eigenvalue weighted by atomic mass is 9.78. The second-order valence-electron chi connectivity index (χ2n) is 10.0. The summed E-state index contributed by atoms with van der Waals surface area (Å²) in [5.74, 6) is -0.0905. The highest BCUT2D eigenvalue weighted by Gasteiger charge is 2.33. The Labute approximate surface area is 238 Å². The summed E-state index contributed by atoms with van der Waals surface area (Å²) in [5.41, 5.74) is 1.82. The predicted octanol–water partition coefficient (Wildman–Crippen LogP) is 9.27. The summed E-state index contributed by atoms with van der Waals surface area (Å²) < 4.78 is 50.1. The number of thiophene rings is 1. The fourth-order valence-electron chi connectivity index (χ4n) is 4.26. The van der Waals surface area contributed by atoms with Gasteiger partial charge >= 0.3 is 12.5 Å². The van der Waals surface area contributed by atoms with Crippen LogP contribution < -0.4 is 20.1 Å². The number of nitrogens with one attached hydrogen (secondary N) is 2. The molecule has 0 saturated carbocycles. The van der Waals surface area contributed by atoms with Gasteiger partial charge in [0.2, 0.25) is 0 Å². The number of carboxylic acid groups (broad SMARTS) is 1. The Morgan fingerprint density at radius 2 is 1.68 bits per heavy atom. The van der Waals surface area contributed by atoms with Crippen LogP contribution in [0, 0.1) is 0 Å². The molecule has 1 heterocycles. The maximum Gasteiger partial charge on any atom is 0.573 e. The summed E-state index contributed by atoms with van der Waals surface area (Å²) in [6, 6.07) is 17.1. The summed E-state index contributed by atoms with van der Waals surface area (Å²) in [5, 5.41) is 16.1. The molecule has 0 atom stereocenters. The van der Waals surface area contributed by atoms with Crippen LogP contribution >= 0.6 is 22.9 Å². The number of hydrogen-bond donors (Lipinski definition) is 3. The standard InChI is InChI=1S/C29H28ClF3N2O4S/c1-16(2)38-23-11-19(12-24(14-23)39-29(31,32)33)28(3,4)18-9-20(30)13-22(10-18)34-15-25-8-17-7-21(35-27(36)37)5-6-26(17)40-25/h5-14,16,34-35H,15H2,1-4H3,(H,36,37). The van der Waals surface area contributed by atoms with Gasteiger partial charge in [-0.2, -0.15) is 0 Å². The van der Waals surface area contributed by atoms with Gasteiger partial charge in [-0.1, -0.05) is 25.4 Å². The van der Waals surface area contributed by atoms with Crippen LogP contribution in [0.5, 0.6) is 11.5 Å². The van der Waals surface area contributed by atoms with Gasteiger partial charge in [-0.25, -0.2) is 4.79 Å². The van der Waals surface area contributed by atoms with E-state index in [1.165, 1.54) is 12.1 Å². The molecule has 0 saturated heterocycles. The minimum absolute atomic E-state index is 0.243. The monoisotopic (exact) mass is 592 g/mol. The topological polar surface area (TPSA) is 79.8 Å². The van der Waals surface area contributed by atoms with E-state index in [2.05, 4.69) is 15.4 Å². The summed E-state index contributed by atoms with van der Waals surface area (Å²) in [7, 11) is 0.